The number of carboxylic acid groups (broad SMARTS) is 1. The molecule has 1 aliphatic heterocycles. The van der Waals surface area contributed by atoms with Gasteiger partial charge in [0, 0.05) is 19.1 Å². The highest BCUT2D eigenvalue weighted by molar-refractivity contribution is 5.83. The number of amides is 2. The minimum Gasteiger partial charge on any atom is -0.481 e. The van der Waals surface area contributed by atoms with Crippen molar-refractivity contribution in [2.75, 3.05) is 33.0 Å². The summed E-state index contributed by atoms with van der Waals surface area (Å²) >= 11 is 0. The number of nitrogens with one attached hydrogen (secondary N) is 2. The molecule has 2 unspecified atom stereocenters. The normalized spacial score (nSPS) is 18.7. The third-order valence-electron chi connectivity index (χ3n) is 6.00. The summed E-state index contributed by atoms with van der Waals surface area (Å²) in [7, 11) is 0. The lowest BCUT2D eigenvalue weighted by atomic mass is 9.98. The molecule has 3 N–H and O–H groups in total. The SMILES string of the molecule is O=C(O)CCOCCNC(=O)C1OCCC1NC(=O)OCC1c2ccccc2-c2ccccc21. The molecule has 34 heavy (non-hydrogen) atoms. The van der Waals surface area contributed by atoms with Gasteiger partial charge in [0.05, 0.1) is 25.7 Å². The van der Waals surface area contributed by atoms with Gasteiger partial charge in [-0.2, -0.15) is 0 Å². The van der Waals surface area contributed by atoms with Crippen molar-refractivity contribution in [3.8, 4) is 11.1 Å². The second-order valence-corrected chi connectivity index (χ2v) is 8.20. The molecule has 2 atom stereocenters. The van der Waals surface area contributed by atoms with Crippen LogP contribution in [0.2, 0.25) is 0 Å². The Morgan fingerprint density at radius 3 is 2.35 bits per heavy atom. The number of benzene rings is 2. The number of carbonyl (C=O) groups is 3. The van der Waals surface area contributed by atoms with E-state index < -0.39 is 24.2 Å². The highest BCUT2D eigenvalue weighted by Gasteiger charge is 2.36. The van der Waals surface area contributed by atoms with Gasteiger partial charge >= 0.3 is 12.1 Å². The van der Waals surface area contributed by atoms with E-state index in [0.717, 1.165) is 22.3 Å². The van der Waals surface area contributed by atoms with Crippen molar-refractivity contribution in [3.63, 3.8) is 0 Å². The summed E-state index contributed by atoms with van der Waals surface area (Å²) in [6.45, 7) is 1.03. The zero-order valence-corrected chi connectivity index (χ0v) is 18.7. The first-order valence-corrected chi connectivity index (χ1v) is 11.3. The minimum absolute atomic E-state index is 0.0433. The van der Waals surface area contributed by atoms with Crippen molar-refractivity contribution in [2.24, 2.45) is 0 Å². The van der Waals surface area contributed by atoms with Crippen LogP contribution in [0.15, 0.2) is 48.5 Å². The Hall–Kier alpha value is -3.43. The largest absolute Gasteiger partial charge is 0.481 e. The summed E-state index contributed by atoms with van der Waals surface area (Å²) in [5.41, 5.74) is 4.56. The Morgan fingerprint density at radius 1 is 1.00 bits per heavy atom. The van der Waals surface area contributed by atoms with Crippen LogP contribution in [0.25, 0.3) is 11.1 Å². The van der Waals surface area contributed by atoms with E-state index in [1.54, 1.807) is 0 Å². The van der Waals surface area contributed by atoms with Gasteiger partial charge in [0.2, 0.25) is 0 Å². The highest BCUT2D eigenvalue weighted by Crippen LogP contribution is 2.44. The number of hydrogen-bond donors (Lipinski definition) is 3. The van der Waals surface area contributed by atoms with E-state index in [1.807, 2.05) is 24.3 Å². The molecule has 2 aromatic rings. The van der Waals surface area contributed by atoms with Crippen molar-refractivity contribution in [3.05, 3.63) is 59.7 Å². The molecule has 0 saturated carbocycles. The van der Waals surface area contributed by atoms with Crippen molar-refractivity contribution in [2.45, 2.75) is 30.9 Å². The summed E-state index contributed by atoms with van der Waals surface area (Å²) in [5.74, 6) is -1.34. The molecule has 2 amide bonds. The number of carbonyl (C=O) groups excluding carboxylic acids is 2. The average Bonchev–Trinajstić information content (AvgIpc) is 3.42. The lowest BCUT2D eigenvalue weighted by molar-refractivity contribution is -0.138. The molecule has 180 valence electrons. The maximum atomic E-state index is 12.5. The Balaban J connectivity index is 1.25. The summed E-state index contributed by atoms with van der Waals surface area (Å²) in [6.07, 6.45) is -1.00. The van der Waals surface area contributed by atoms with Crippen LogP contribution < -0.4 is 10.6 Å². The van der Waals surface area contributed by atoms with Crippen molar-refractivity contribution in [1.29, 1.82) is 0 Å². The molecular weight excluding hydrogens is 440 g/mol. The van der Waals surface area contributed by atoms with Gasteiger partial charge in [-0.25, -0.2) is 4.79 Å². The molecular formula is C25H28N2O7. The molecule has 1 saturated heterocycles. The first kappa shape index (κ1) is 23.7. The molecule has 0 spiro atoms. The summed E-state index contributed by atoms with van der Waals surface area (Å²) in [4.78, 5) is 35.4. The van der Waals surface area contributed by atoms with Crippen LogP contribution in [0.5, 0.6) is 0 Å². The van der Waals surface area contributed by atoms with E-state index in [0.29, 0.717) is 13.0 Å². The third-order valence-corrected chi connectivity index (χ3v) is 6.00. The van der Waals surface area contributed by atoms with Crippen LogP contribution in [0.3, 0.4) is 0 Å². The fourth-order valence-corrected chi connectivity index (χ4v) is 4.40. The third kappa shape index (κ3) is 5.55. The molecule has 9 nitrogen and oxygen atoms in total. The standard InChI is InChI=1S/C25H28N2O7/c28-22(29)10-12-32-14-11-26-24(30)23-21(9-13-33-23)27-25(31)34-15-20-18-7-3-1-5-16(18)17-6-2-4-8-19(17)20/h1-8,20-21,23H,9-15H2,(H,26,30)(H,27,31)(H,28,29). The number of fused-ring (bicyclic) bond motifs is 3. The van der Waals surface area contributed by atoms with E-state index in [2.05, 4.69) is 34.9 Å². The lowest BCUT2D eigenvalue weighted by Gasteiger charge is -2.20. The van der Waals surface area contributed by atoms with Crippen LogP contribution in [-0.2, 0) is 23.8 Å². The predicted molar refractivity (Wildman–Crippen MR) is 122 cm³/mol. The van der Waals surface area contributed by atoms with E-state index in [1.165, 1.54) is 0 Å². The summed E-state index contributed by atoms with van der Waals surface area (Å²) in [6, 6.07) is 15.7. The number of hydrogen-bond acceptors (Lipinski definition) is 6. The Morgan fingerprint density at radius 2 is 1.68 bits per heavy atom. The van der Waals surface area contributed by atoms with E-state index in [-0.39, 0.29) is 44.6 Å². The molecule has 2 aliphatic rings. The van der Waals surface area contributed by atoms with Gasteiger partial charge in [0.25, 0.3) is 5.91 Å². The first-order chi connectivity index (χ1) is 16.5. The van der Waals surface area contributed by atoms with E-state index in [9.17, 15) is 14.4 Å². The maximum Gasteiger partial charge on any atom is 0.407 e. The molecule has 1 fully saturated rings. The number of carboxylic acids is 1. The lowest BCUT2D eigenvalue weighted by Crippen LogP contribution is -2.49. The van der Waals surface area contributed by atoms with E-state index in [4.69, 9.17) is 19.3 Å². The number of aliphatic carboxylic acids is 1. The predicted octanol–water partition coefficient (Wildman–Crippen LogP) is 2.29. The van der Waals surface area contributed by atoms with Crippen LogP contribution in [0.1, 0.15) is 29.9 Å². The second kappa shape index (κ2) is 11.1. The quantitative estimate of drug-likeness (QED) is 0.457. The fraction of sp³-hybridized carbons (Fsp3) is 0.400. The van der Waals surface area contributed by atoms with Crippen molar-refractivity contribution >= 4 is 18.0 Å². The van der Waals surface area contributed by atoms with Crippen LogP contribution >= 0.6 is 0 Å². The second-order valence-electron chi connectivity index (χ2n) is 8.20. The fourth-order valence-electron chi connectivity index (χ4n) is 4.40. The smallest absolute Gasteiger partial charge is 0.407 e. The van der Waals surface area contributed by atoms with Gasteiger partial charge in [-0.1, -0.05) is 48.5 Å². The minimum atomic E-state index is -0.939. The monoisotopic (exact) mass is 468 g/mol. The number of rotatable bonds is 10. The van der Waals surface area contributed by atoms with Crippen molar-refractivity contribution in [1.82, 2.24) is 10.6 Å². The first-order valence-electron chi connectivity index (χ1n) is 11.3. The molecule has 0 aromatic heterocycles. The number of ether oxygens (including phenoxy) is 3. The summed E-state index contributed by atoms with van der Waals surface area (Å²) in [5, 5.41) is 14.0. The maximum absolute atomic E-state index is 12.5. The molecule has 0 bridgehead atoms. The molecule has 2 aromatic carbocycles. The van der Waals surface area contributed by atoms with Gasteiger partial charge in [0.15, 0.2) is 6.10 Å². The Kier molecular flexibility index (Phi) is 7.76. The van der Waals surface area contributed by atoms with Gasteiger partial charge in [-0.05, 0) is 28.7 Å². The van der Waals surface area contributed by atoms with Crippen LogP contribution in [-0.4, -0.2) is 68.2 Å². The van der Waals surface area contributed by atoms with Crippen LogP contribution in [0, 0.1) is 0 Å². The van der Waals surface area contributed by atoms with Gasteiger partial charge in [0.1, 0.15) is 6.61 Å². The Labute approximate surface area is 197 Å². The van der Waals surface area contributed by atoms with Gasteiger partial charge < -0.3 is 30.0 Å². The Bertz CT molecular complexity index is 996. The highest BCUT2D eigenvalue weighted by atomic mass is 16.6. The molecule has 4 rings (SSSR count). The molecule has 9 heteroatoms. The van der Waals surface area contributed by atoms with Crippen molar-refractivity contribution < 1.29 is 33.7 Å². The van der Waals surface area contributed by atoms with Gasteiger partial charge in [-0.15, -0.1) is 0 Å². The van der Waals surface area contributed by atoms with E-state index >= 15 is 0 Å². The van der Waals surface area contributed by atoms with Crippen LogP contribution in [0.4, 0.5) is 4.79 Å². The zero-order valence-electron chi connectivity index (χ0n) is 18.7. The molecule has 1 aliphatic carbocycles. The average molecular weight is 469 g/mol. The van der Waals surface area contributed by atoms with Gasteiger partial charge in [-0.3, -0.25) is 9.59 Å². The molecule has 0 radical (unpaired) electrons. The molecule has 1 heterocycles. The topological polar surface area (TPSA) is 123 Å². The number of alkyl carbamates (subject to hydrolysis) is 1. The zero-order chi connectivity index (χ0) is 23.9. The summed E-state index contributed by atoms with van der Waals surface area (Å²) < 4.78 is 16.2.